The van der Waals surface area contributed by atoms with Crippen LogP contribution in [-0.2, 0) is 4.79 Å². The molecule has 0 radical (unpaired) electrons. The van der Waals surface area contributed by atoms with Crippen LogP contribution in [0.4, 0.5) is 0 Å². The number of nitrogens with zero attached hydrogens (tertiary/aromatic N) is 3. The van der Waals surface area contributed by atoms with Crippen LogP contribution in [0.25, 0.3) is 10.2 Å². The van der Waals surface area contributed by atoms with Crippen molar-refractivity contribution in [1.29, 1.82) is 5.26 Å². The van der Waals surface area contributed by atoms with Gasteiger partial charge in [-0.2, -0.15) is 5.26 Å². The summed E-state index contributed by atoms with van der Waals surface area (Å²) < 4.78 is 1.19. The third-order valence-electron chi connectivity index (χ3n) is 5.33. The van der Waals surface area contributed by atoms with Gasteiger partial charge in [0.1, 0.15) is 10.5 Å². The van der Waals surface area contributed by atoms with Crippen molar-refractivity contribution >= 4 is 27.5 Å². The summed E-state index contributed by atoms with van der Waals surface area (Å²) in [6, 6.07) is 10.7. The van der Waals surface area contributed by atoms with Crippen LogP contribution in [0.3, 0.4) is 0 Å². The zero-order valence-electron chi connectivity index (χ0n) is 14.4. The molecule has 1 saturated heterocycles. The van der Waals surface area contributed by atoms with Crippen molar-refractivity contribution in [2.24, 2.45) is 5.92 Å². The second-order valence-corrected chi connectivity index (χ2v) is 8.35. The van der Waals surface area contributed by atoms with E-state index in [-0.39, 0.29) is 11.9 Å². The third kappa shape index (κ3) is 3.26. The summed E-state index contributed by atoms with van der Waals surface area (Å²) in [7, 11) is 0. The van der Waals surface area contributed by atoms with Gasteiger partial charge in [-0.1, -0.05) is 12.1 Å². The first-order valence-electron chi connectivity index (χ1n) is 8.91. The van der Waals surface area contributed by atoms with Crippen LogP contribution in [0, 0.1) is 17.2 Å². The van der Waals surface area contributed by atoms with Crippen molar-refractivity contribution in [3.05, 3.63) is 29.3 Å². The minimum absolute atomic E-state index is 0.0519. The van der Waals surface area contributed by atoms with Gasteiger partial charge in [-0.05, 0) is 57.2 Å². The molecule has 2 aliphatic rings. The Hall–Kier alpha value is -1.97. The van der Waals surface area contributed by atoms with Crippen molar-refractivity contribution in [3.8, 4) is 6.07 Å². The second-order valence-electron chi connectivity index (χ2n) is 7.28. The summed E-state index contributed by atoms with van der Waals surface area (Å²) in [5.41, 5.74) is 0.312. The number of thiazole rings is 1. The first kappa shape index (κ1) is 16.5. The Kier molecular flexibility index (Phi) is 4.22. The number of carbonyl (C=O) groups is 1. The molecule has 1 amide bonds. The van der Waals surface area contributed by atoms with E-state index in [9.17, 15) is 10.1 Å². The van der Waals surface area contributed by atoms with Crippen molar-refractivity contribution in [1.82, 2.24) is 15.2 Å². The fourth-order valence-corrected chi connectivity index (χ4v) is 4.86. The van der Waals surface area contributed by atoms with Gasteiger partial charge in [-0.3, -0.25) is 9.69 Å². The Bertz CT molecular complexity index is 804. The number of nitriles is 1. The number of rotatable bonds is 5. The molecule has 4 rings (SSSR count). The zero-order valence-corrected chi connectivity index (χ0v) is 15.2. The van der Waals surface area contributed by atoms with Gasteiger partial charge in [0.2, 0.25) is 5.91 Å². The molecule has 2 fully saturated rings. The van der Waals surface area contributed by atoms with Crippen LogP contribution in [0.5, 0.6) is 0 Å². The first-order valence-corrected chi connectivity index (χ1v) is 9.72. The smallest absolute Gasteiger partial charge is 0.235 e. The largest absolute Gasteiger partial charge is 0.337 e. The average Bonchev–Trinajstić information content (AvgIpc) is 3.23. The third-order valence-corrected chi connectivity index (χ3v) is 6.47. The molecule has 130 valence electrons. The van der Waals surface area contributed by atoms with E-state index in [2.05, 4.69) is 22.4 Å². The van der Waals surface area contributed by atoms with E-state index in [1.54, 1.807) is 11.3 Å². The lowest BCUT2D eigenvalue weighted by atomic mass is 9.98. The summed E-state index contributed by atoms with van der Waals surface area (Å²) in [4.78, 5) is 19.5. The fraction of sp³-hybridized carbons (Fsp3) is 0.526. The highest BCUT2D eigenvalue weighted by atomic mass is 32.1. The molecular weight excluding hydrogens is 332 g/mol. The van der Waals surface area contributed by atoms with E-state index < -0.39 is 5.54 Å². The summed E-state index contributed by atoms with van der Waals surface area (Å²) in [5.74, 6) is 0.254. The Labute approximate surface area is 151 Å². The van der Waals surface area contributed by atoms with Crippen molar-refractivity contribution in [3.63, 3.8) is 0 Å². The number of nitrogens with one attached hydrogen (secondary N) is 1. The van der Waals surface area contributed by atoms with Crippen LogP contribution >= 0.6 is 11.3 Å². The summed E-state index contributed by atoms with van der Waals surface area (Å²) in [6.07, 6.45) is 4.17. The Morgan fingerprint density at radius 2 is 2.24 bits per heavy atom. The van der Waals surface area contributed by atoms with Gasteiger partial charge < -0.3 is 5.32 Å². The van der Waals surface area contributed by atoms with Crippen molar-refractivity contribution in [2.75, 3.05) is 13.1 Å². The summed E-state index contributed by atoms with van der Waals surface area (Å²) in [5, 5.41) is 13.5. The molecule has 2 aromatic rings. The summed E-state index contributed by atoms with van der Waals surface area (Å²) in [6.45, 7) is 3.09. The molecule has 25 heavy (non-hydrogen) atoms. The highest BCUT2D eigenvalue weighted by molar-refractivity contribution is 7.18. The van der Waals surface area contributed by atoms with E-state index in [4.69, 9.17) is 4.98 Å². The molecule has 1 saturated carbocycles. The maximum absolute atomic E-state index is 12.5. The molecule has 5 nitrogen and oxygen atoms in total. The van der Waals surface area contributed by atoms with Crippen molar-refractivity contribution < 1.29 is 4.79 Å². The predicted molar refractivity (Wildman–Crippen MR) is 98.1 cm³/mol. The minimum Gasteiger partial charge on any atom is -0.337 e. The van der Waals surface area contributed by atoms with E-state index in [1.165, 1.54) is 4.70 Å². The standard InChI is InChI=1S/C19H22N4OS/c1-19(12-20,13-8-9-13)22-17(24)11-23-10-4-6-15(23)18-21-14-5-2-3-7-16(14)25-18/h2-3,5,7,13,15H,4,6,8-11H2,1H3,(H,22,24). The van der Waals surface area contributed by atoms with Gasteiger partial charge >= 0.3 is 0 Å². The lowest BCUT2D eigenvalue weighted by Gasteiger charge is -2.26. The molecule has 2 heterocycles. The van der Waals surface area contributed by atoms with E-state index in [1.807, 2.05) is 25.1 Å². The number of hydrogen-bond donors (Lipinski definition) is 1. The quantitative estimate of drug-likeness (QED) is 0.895. The van der Waals surface area contributed by atoms with Crippen LogP contribution in [0.1, 0.15) is 43.7 Å². The Morgan fingerprint density at radius 3 is 2.96 bits per heavy atom. The summed E-state index contributed by atoms with van der Waals surface area (Å²) >= 11 is 1.72. The Balaban J connectivity index is 1.46. The highest BCUT2D eigenvalue weighted by Crippen LogP contribution is 2.39. The minimum atomic E-state index is -0.720. The number of carbonyl (C=O) groups excluding carboxylic acids is 1. The number of aromatic nitrogens is 1. The Morgan fingerprint density at radius 1 is 1.44 bits per heavy atom. The van der Waals surface area contributed by atoms with Gasteiger partial charge in [0.05, 0.1) is 28.9 Å². The maximum Gasteiger partial charge on any atom is 0.235 e. The van der Waals surface area contributed by atoms with E-state index in [0.717, 1.165) is 42.8 Å². The lowest BCUT2D eigenvalue weighted by Crippen LogP contribution is -2.50. The molecule has 1 aliphatic heterocycles. The zero-order chi connectivity index (χ0) is 17.4. The molecule has 2 atom stereocenters. The molecule has 0 spiro atoms. The van der Waals surface area contributed by atoms with Crippen LogP contribution < -0.4 is 5.32 Å². The second kappa shape index (κ2) is 6.40. The van der Waals surface area contributed by atoms with E-state index >= 15 is 0 Å². The highest BCUT2D eigenvalue weighted by Gasteiger charge is 2.43. The molecule has 1 N–H and O–H groups in total. The molecule has 6 heteroatoms. The first-order chi connectivity index (χ1) is 12.1. The fourth-order valence-electron chi connectivity index (χ4n) is 3.72. The number of likely N-dealkylation sites (tertiary alicyclic amines) is 1. The maximum atomic E-state index is 12.5. The number of benzene rings is 1. The van der Waals surface area contributed by atoms with Gasteiger partial charge in [0.25, 0.3) is 0 Å². The van der Waals surface area contributed by atoms with Gasteiger partial charge in [0.15, 0.2) is 0 Å². The predicted octanol–water partition coefficient (Wildman–Crippen LogP) is 3.24. The molecule has 1 aromatic carbocycles. The molecule has 1 aliphatic carbocycles. The molecule has 0 bridgehead atoms. The van der Waals surface area contributed by atoms with Crippen LogP contribution in [0.2, 0.25) is 0 Å². The molecule has 1 aromatic heterocycles. The van der Waals surface area contributed by atoms with Gasteiger partial charge in [-0.25, -0.2) is 4.98 Å². The number of fused-ring (bicyclic) bond motifs is 1. The lowest BCUT2D eigenvalue weighted by molar-refractivity contribution is -0.123. The van der Waals surface area contributed by atoms with Crippen LogP contribution in [0.15, 0.2) is 24.3 Å². The monoisotopic (exact) mass is 354 g/mol. The van der Waals surface area contributed by atoms with Gasteiger partial charge in [-0.15, -0.1) is 11.3 Å². The van der Waals surface area contributed by atoms with Crippen molar-refractivity contribution in [2.45, 2.75) is 44.2 Å². The normalized spacial score (nSPS) is 23.3. The number of para-hydroxylation sites is 1. The average molecular weight is 354 g/mol. The number of amides is 1. The molecular formula is C19H22N4OS. The van der Waals surface area contributed by atoms with E-state index in [0.29, 0.717) is 12.5 Å². The van der Waals surface area contributed by atoms with Gasteiger partial charge in [0, 0.05) is 0 Å². The topological polar surface area (TPSA) is 69.0 Å². The van der Waals surface area contributed by atoms with Crippen LogP contribution in [-0.4, -0.2) is 34.4 Å². The SMILES string of the molecule is CC(C#N)(NC(=O)CN1CCCC1c1nc2ccccc2s1)C1CC1. The number of hydrogen-bond acceptors (Lipinski definition) is 5. The molecule has 2 unspecified atom stereocenters.